The standard InChI is InChI=1S/C23H26N4O3/c1-23(2)20(28)19(22-25-17-7-5-6-8-18(17)26-22)21(24)27(23)10-9-14-11-15(29-3)13-16(12-14)30-4/h5-8,11-13,24,28H,9-10H2,1-4H3,(H,25,26). The number of amidine groups is 1. The third kappa shape index (κ3) is 3.26. The first-order chi connectivity index (χ1) is 14.3. The topological polar surface area (TPSA) is 94.5 Å². The Bertz CT molecular complexity index is 1090. The molecule has 2 heterocycles. The monoisotopic (exact) mass is 406 g/mol. The second-order valence-electron chi connectivity index (χ2n) is 7.86. The Balaban J connectivity index is 1.61. The van der Waals surface area contributed by atoms with E-state index in [1.165, 1.54) is 0 Å². The normalized spacial score (nSPS) is 15.9. The lowest BCUT2D eigenvalue weighted by Gasteiger charge is -2.33. The number of para-hydroxylation sites is 2. The maximum Gasteiger partial charge on any atom is 0.145 e. The van der Waals surface area contributed by atoms with E-state index < -0.39 is 5.54 Å². The zero-order chi connectivity index (χ0) is 21.5. The van der Waals surface area contributed by atoms with Crippen molar-refractivity contribution in [2.75, 3.05) is 20.8 Å². The molecule has 4 rings (SSSR count). The fourth-order valence-corrected chi connectivity index (χ4v) is 3.90. The van der Waals surface area contributed by atoms with Crippen molar-refractivity contribution in [2.45, 2.75) is 25.8 Å². The van der Waals surface area contributed by atoms with Crippen LogP contribution in [0, 0.1) is 5.41 Å². The highest BCUT2D eigenvalue weighted by Crippen LogP contribution is 2.38. The van der Waals surface area contributed by atoms with Gasteiger partial charge in [0.05, 0.1) is 36.4 Å². The molecule has 0 aliphatic carbocycles. The third-order valence-corrected chi connectivity index (χ3v) is 5.66. The number of nitrogens with one attached hydrogen (secondary N) is 2. The number of aliphatic hydroxyl groups is 1. The van der Waals surface area contributed by atoms with Crippen molar-refractivity contribution in [3.8, 4) is 11.5 Å². The fourth-order valence-electron chi connectivity index (χ4n) is 3.90. The smallest absolute Gasteiger partial charge is 0.145 e. The number of rotatable bonds is 6. The summed E-state index contributed by atoms with van der Waals surface area (Å²) in [5.74, 6) is 2.37. The number of nitrogens with zero attached hydrogens (tertiary/aromatic N) is 2. The number of aromatic nitrogens is 2. The minimum atomic E-state index is -0.714. The molecular weight excluding hydrogens is 380 g/mol. The van der Waals surface area contributed by atoms with E-state index in [0.29, 0.717) is 24.4 Å². The Morgan fingerprint density at radius 3 is 2.40 bits per heavy atom. The number of hydrogen-bond acceptors (Lipinski definition) is 5. The molecule has 0 unspecified atom stereocenters. The van der Waals surface area contributed by atoms with Crippen LogP contribution in [0.2, 0.25) is 0 Å². The maximum absolute atomic E-state index is 11.0. The van der Waals surface area contributed by atoms with Crippen LogP contribution in [0.5, 0.6) is 11.5 Å². The van der Waals surface area contributed by atoms with Crippen LogP contribution >= 0.6 is 0 Å². The second kappa shape index (κ2) is 7.40. The highest BCUT2D eigenvalue weighted by molar-refractivity contribution is 6.23. The summed E-state index contributed by atoms with van der Waals surface area (Å²) in [4.78, 5) is 9.72. The van der Waals surface area contributed by atoms with Crippen molar-refractivity contribution in [1.29, 1.82) is 5.41 Å². The van der Waals surface area contributed by atoms with Crippen LogP contribution in [-0.2, 0) is 6.42 Å². The summed E-state index contributed by atoms with van der Waals surface area (Å²) in [7, 11) is 3.25. The Morgan fingerprint density at radius 2 is 1.77 bits per heavy atom. The van der Waals surface area contributed by atoms with Crippen molar-refractivity contribution in [3.63, 3.8) is 0 Å². The van der Waals surface area contributed by atoms with Gasteiger partial charge in [-0.3, -0.25) is 5.41 Å². The van der Waals surface area contributed by atoms with Crippen LogP contribution in [0.15, 0.2) is 48.2 Å². The number of ether oxygens (including phenoxy) is 2. The average molecular weight is 406 g/mol. The molecular formula is C23H26N4O3. The lowest BCUT2D eigenvalue weighted by atomic mass is 10.0. The molecule has 0 radical (unpaired) electrons. The van der Waals surface area contributed by atoms with Gasteiger partial charge in [-0.2, -0.15) is 0 Å². The van der Waals surface area contributed by atoms with E-state index in [2.05, 4.69) is 9.97 Å². The van der Waals surface area contributed by atoms with Crippen molar-refractivity contribution in [1.82, 2.24) is 14.9 Å². The molecule has 0 bridgehead atoms. The van der Waals surface area contributed by atoms with Gasteiger partial charge in [-0.15, -0.1) is 0 Å². The molecule has 0 saturated heterocycles. The lowest BCUT2D eigenvalue weighted by Crippen LogP contribution is -2.44. The number of fused-ring (bicyclic) bond motifs is 1. The largest absolute Gasteiger partial charge is 0.509 e. The summed E-state index contributed by atoms with van der Waals surface area (Å²) < 4.78 is 10.7. The molecule has 7 nitrogen and oxygen atoms in total. The first kappa shape index (κ1) is 19.8. The molecule has 3 aromatic rings. The number of benzene rings is 2. The molecule has 0 atom stereocenters. The van der Waals surface area contributed by atoms with Gasteiger partial charge < -0.3 is 24.5 Å². The van der Waals surface area contributed by atoms with Gasteiger partial charge in [0, 0.05) is 12.6 Å². The summed E-state index contributed by atoms with van der Waals surface area (Å²) >= 11 is 0. The number of aliphatic hydroxyl groups excluding tert-OH is 1. The fraction of sp³-hybridized carbons (Fsp3) is 0.304. The van der Waals surface area contributed by atoms with Crippen LogP contribution in [0.25, 0.3) is 16.6 Å². The van der Waals surface area contributed by atoms with Gasteiger partial charge in [-0.1, -0.05) is 12.1 Å². The Morgan fingerprint density at radius 1 is 1.10 bits per heavy atom. The van der Waals surface area contributed by atoms with Gasteiger partial charge in [0.1, 0.15) is 28.9 Å². The number of hydrogen-bond donors (Lipinski definition) is 3. The second-order valence-corrected chi connectivity index (χ2v) is 7.86. The lowest BCUT2D eigenvalue weighted by molar-refractivity contribution is 0.198. The SMILES string of the molecule is COc1cc(CCN2C(=N)C(c3nc4ccccc4[nH]3)=C(O)C2(C)C)cc(OC)c1. The molecule has 0 spiro atoms. The molecule has 0 amide bonds. The Hall–Kier alpha value is -3.48. The predicted molar refractivity (Wildman–Crippen MR) is 117 cm³/mol. The third-order valence-electron chi connectivity index (χ3n) is 5.66. The maximum atomic E-state index is 11.0. The van der Waals surface area contributed by atoms with E-state index in [1.54, 1.807) is 14.2 Å². The van der Waals surface area contributed by atoms with E-state index in [-0.39, 0.29) is 11.6 Å². The van der Waals surface area contributed by atoms with Gasteiger partial charge in [0.25, 0.3) is 0 Å². The molecule has 1 aliphatic heterocycles. The quantitative estimate of drug-likeness (QED) is 0.571. The van der Waals surface area contributed by atoms with Gasteiger partial charge in [-0.05, 0) is 50.1 Å². The van der Waals surface area contributed by atoms with Crippen LogP contribution in [0.3, 0.4) is 0 Å². The van der Waals surface area contributed by atoms with Crippen LogP contribution < -0.4 is 9.47 Å². The van der Waals surface area contributed by atoms with Crippen molar-refractivity contribution < 1.29 is 14.6 Å². The molecule has 7 heteroatoms. The summed E-state index contributed by atoms with van der Waals surface area (Å²) in [6, 6.07) is 13.4. The molecule has 0 fully saturated rings. The van der Waals surface area contributed by atoms with Gasteiger partial charge in [0.15, 0.2) is 0 Å². The van der Waals surface area contributed by atoms with E-state index in [1.807, 2.05) is 61.2 Å². The highest BCUT2D eigenvalue weighted by atomic mass is 16.5. The van der Waals surface area contributed by atoms with E-state index in [4.69, 9.17) is 14.9 Å². The number of aromatic amines is 1. The summed E-state index contributed by atoms with van der Waals surface area (Å²) in [6.45, 7) is 4.38. The predicted octanol–water partition coefficient (Wildman–Crippen LogP) is 4.16. The first-order valence-corrected chi connectivity index (χ1v) is 9.82. The van der Waals surface area contributed by atoms with E-state index in [0.717, 1.165) is 28.1 Å². The average Bonchev–Trinajstić information content (AvgIpc) is 3.23. The van der Waals surface area contributed by atoms with E-state index in [9.17, 15) is 5.11 Å². The Labute approximate surface area is 175 Å². The molecule has 1 aromatic heterocycles. The molecule has 3 N–H and O–H groups in total. The summed E-state index contributed by atoms with van der Waals surface area (Å²) in [5.41, 5.74) is 2.44. The van der Waals surface area contributed by atoms with Gasteiger partial charge in [0.2, 0.25) is 0 Å². The van der Waals surface area contributed by atoms with Crippen LogP contribution in [0.4, 0.5) is 0 Å². The number of imidazole rings is 1. The summed E-state index contributed by atoms with van der Waals surface area (Å²) in [6.07, 6.45) is 0.667. The molecule has 156 valence electrons. The number of H-pyrrole nitrogens is 1. The number of methoxy groups -OCH3 is 2. The van der Waals surface area contributed by atoms with Crippen LogP contribution in [-0.4, -0.2) is 52.1 Å². The van der Waals surface area contributed by atoms with Gasteiger partial charge in [-0.25, -0.2) is 4.98 Å². The zero-order valence-electron chi connectivity index (χ0n) is 17.6. The minimum absolute atomic E-state index is 0.148. The van der Waals surface area contributed by atoms with Gasteiger partial charge >= 0.3 is 0 Å². The zero-order valence-corrected chi connectivity index (χ0v) is 17.6. The molecule has 0 saturated carbocycles. The molecule has 1 aliphatic rings. The molecule has 30 heavy (non-hydrogen) atoms. The van der Waals surface area contributed by atoms with E-state index >= 15 is 0 Å². The van der Waals surface area contributed by atoms with Crippen molar-refractivity contribution in [3.05, 3.63) is 59.6 Å². The van der Waals surface area contributed by atoms with Crippen molar-refractivity contribution >= 4 is 22.4 Å². The van der Waals surface area contributed by atoms with Crippen molar-refractivity contribution in [2.24, 2.45) is 0 Å². The summed E-state index contributed by atoms with van der Waals surface area (Å²) in [5, 5.41) is 19.8. The minimum Gasteiger partial charge on any atom is -0.509 e. The molecule has 2 aromatic carbocycles. The Kier molecular flexibility index (Phi) is 4.89. The first-order valence-electron chi connectivity index (χ1n) is 9.82. The highest BCUT2D eigenvalue weighted by Gasteiger charge is 2.44. The van der Waals surface area contributed by atoms with Crippen LogP contribution in [0.1, 0.15) is 25.2 Å².